The average Bonchev–Trinajstić information content (AvgIpc) is 2.77. The van der Waals surface area contributed by atoms with Gasteiger partial charge in [-0.15, -0.1) is 0 Å². The zero-order chi connectivity index (χ0) is 19.3. The highest BCUT2D eigenvalue weighted by Crippen LogP contribution is 2.24. The Kier molecular flexibility index (Phi) is 5.70. The molecule has 28 heavy (non-hydrogen) atoms. The molecule has 1 unspecified atom stereocenters. The fraction of sp³-hybridized carbons (Fsp3) is 0.292. The van der Waals surface area contributed by atoms with Crippen LogP contribution in [0.1, 0.15) is 28.9 Å². The van der Waals surface area contributed by atoms with Gasteiger partial charge in [-0.1, -0.05) is 60.7 Å². The monoisotopic (exact) mass is 374 g/mol. The summed E-state index contributed by atoms with van der Waals surface area (Å²) in [6, 6.07) is 24.6. The topological polar surface area (TPSA) is 41.6 Å². The molecule has 1 fully saturated rings. The summed E-state index contributed by atoms with van der Waals surface area (Å²) < 4.78 is 5.67. The van der Waals surface area contributed by atoms with Crippen LogP contribution >= 0.6 is 0 Å². The maximum atomic E-state index is 12.9. The number of hydrogen-bond donors (Lipinski definition) is 1. The maximum absolute atomic E-state index is 12.9. The first-order chi connectivity index (χ1) is 13.7. The number of rotatable bonds is 5. The third-order valence-corrected chi connectivity index (χ3v) is 5.46. The predicted octanol–water partition coefficient (Wildman–Crippen LogP) is 4.03. The zero-order valence-electron chi connectivity index (χ0n) is 16.2. The third-order valence-electron chi connectivity index (χ3n) is 5.46. The van der Waals surface area contributed by atoms with Crippen LogP contribution in [0.5, 0.6) is 0 Å². The Bertz CT molecular complexity index is 936. The molecule has 1 amide bonds. The highest BCUT2D eigenvalue weighted by Gasteiger charge is 2.28. The molecule has 3 aromatic rings. The third kappa shape index (κ3) is 3.93. The van der Waals surface area contributed by atoms with Gasteiger partial charge >= 0.3 is 0 Å². The van der Waals surface area contributed by atoms with E-state index in [0.29, 0.717) is 26.3 Å². The van der Waals surface area contributed by atoms with Gasteiger partial charge in [0.2, 0.25) is 0 Å². The van der Waals surface area contributed by atoms with Crippen molar-refractivity contribution in [3.05, 3.63) is 83.9 Å². The second-order valence-electron chi connectivity index (χ2n) is 7.29. The Labute approximate surface area is 166 Å². The van der Waals surface area contributed by atoms with Gasteiger partial charge in [0.25, 0.3) is 5.91 Å². The number of ether oxygens (including phenoxy) is 1. The molecule has 4 heteroatoms. The normalized spacial score (nSPS) is 18.2. The highest BCUT2D eigenvalue weighted by atomic mass is 16.5. The van der Waals surface area contributed by atoms with Gasteiger partial charge in [0.1, 0.15) is 0 Å². The molecule has 0 aliphatic carbocycles. The molecular formula is C24H26N2O2. The molecular weight excluding hydrogens is 348 g/mol. The molecule has 144 valence electrons. The van der Waals surface area contributed by atoms with Gasteiger partial charge in [-0.3, -0.25) is 4.79 Å². The van der Waals surface area contributed by atoms with Gasteiger partial charge in [-0.25, -0.2) is 0 Å². The zero-order valence-corrected chi connectivity index (χ0v) is 16.2. The lowest BCUT2D eigenvalue weighted by Gasteiger charge is -2.36. The van der Waals surface area contributed by atoms with E-state index in [-0.39, 0.29) is 18.0 Å². The van der Waals surface area contributed by atoms with Crippen molar-refractivity contribution in [3.8, 4) is 0 Å². The second kappa shape index (κ2) is 8.55. The Balaban J connectivity index is 1.47. The summed E-state index contributed by atoms with van der Waals surface area (Å²) in [5.74, 6) is 0.0773. The molecule has 1 saturated heterocycles. The van der Waals surface area contributed by atoms with Crippen molar-refractivity contribution in [2.45, 2.75) is 19.0 Å². The number of benzene rings is 3. The van der Waals surface area contributed by atoms with Gasteiger partial charge in [-0.05, 0) is 35.4 Å². The SMILES string of the molecule is C[C@@H](NCC1COCCN1C(=O)c1ccccc1)c1cccc2ccccc12. The fourth-order valence-electron chi connectivity index (χ4n) is 3.89. The van der Waals surface area contributed by atoms with E-state index in [1.807, 2.05) is 35.2 Å². The molecule has 3 aromatic carbocycles. The van der Waals surface area contributed by atoms with E-state index >= 15 is 0 Å². The Morgan fingerprint density at radius 1 is 1.07 bits per heavy atom. The maximum Gasteiger partial charge on any atom is 0.254 e. The van der Waals surface area contributed by atoms with Crippen molar-refractivity contribution in [1.82, 2.24) is 10.2 Å². The number of nitrogens with one attached hydrogen (secondary N) is 1. The van der Waals surface area contributed by atoms with Crippen molar-refractivity contribution in [3.63, 3.8) is 0 Å². The molecule has 2 atom stereocenters. The van der Waals surface area contributed by atoms with Crippen molar-refractivity contribution >= 4 is 16.7 Å². The van der Waals surface area contributed by atoms with Crippen LogP contribution in [0, 0.1) is 0 Å². The lowest BCUT2D eigenvalue weighted by Crippen LogP contribution is -2.53. The number of carbonyl (C=O) groups excluding carboxylic acids is 1. The van der Waals surface area contributed by atoms with Crippen LogP contribution in [0.25, 0.3) is 10.8 Å². The molecule has 0 saturated carbocycles. The Morgan fingerprint density at radius 2 is 1.82 bits per heavy atom. The number of amides is 1. The molecule has 1 aliphatic rings. The minimum absolute atomic E-state index is 0.0267. The van der Waals surface area contributed by atoms with Crippen LogP contribution in [-0.4, -0.2) is 43.2 Å². The van der Waals surface area contributed by atoms with Crippen molar-refractivity contribution in [2.75, 3.05) is 26.3 Å². The van der Waals surface area contributed by atoms with E-state index in [4.69, 9.17) is 4.74 Å². The molecule has 1 N–H and O–H groups in total. The standard InChI is InChI=1S/C24H26N2O2/c1-18(22-13-7-11-19-8-5-6-12-23(19)22)25-16-21-17-28-15-14-26(21)24(27)20-9-3-2-4-10-20/h2-13,18,21,25H,14-17H2,1H3/t18-,21?/m1/s1. The average molecular weight is 374 g/mol. The van der Waals surface area contributed by atoms with Crippen molar-refractivity contribution in [2.24, 2.45) is 0 Å². The quantitative estimate of drug-likeness (QED) is 0.733. The smallest absolute Gasteiger partial charge is 0.254 e. The molecule has 1 aliphatic heterocycles. The predicted molar refractivity (Wildman–Crippen MR) is 112 cm³/mol. The summed E-state index contributed by atoms with van der Waals surface area (Å²) in [6.45, 7) is 4.66. The largest absolute Gasteiger partial charge is 0.377 e. The minimum Gasteiger partial charge on any atom is -0.377 e. The fourth-order valence-corrected chi connectivity index (χ4v) is 3.89. The van der Waals surface area contributed by atoms with Crippen LogP contribution in [-0.2, 0) is 4.74 Å². The van der Waals surface area contributed by atoms with E-state index in [0.717, 1.165) is 5.56 Å². The van der Waals surface area contributed by atoms with E-state index in [1.54, 1.807) is 0 Å². The number of hydrogen-bond acceptors (Lipinski definition) is 3. The van der Waals surface area contributed by atoms with Gasteiger partial charge in [0.05, 0.1) is 19.3 Å². The van der Waals surface area contributed by atoms with Gasteiger partial charge < -0.3 is 15.0 Å². The lowest BCUT2D eigenvalue weighted by molar-refractivity contribution is -0.00204. The van der Waals surface area contributed by atoms with E-state index in [2.05, 4.69) is 54.7 Å². The number of carbonyl (C=O) groups is 1. The van der Waals surface area contributed by atoms with Crippen molar-refractivity contribution in [1.29, 1.82) is 0 Å². The number of nitrogens with zero attached hydrogens (tertiary/aromatic N) is 1. The first kappa shape index (κ1) is 18.7. The van der Waals surface area contributed by atoms with E-state index < -0.39 is 0 Å². The molecule has 4 nitrogen and oxygen atoms in total. The van der Waals surface area contributed by atoms with Crippen LogP contribution in [0.15, 0.2) is 72.8 Å². The van der Waals surface area contributed by atoms with Crippen LogP contribution in [0.3, 0.4) is 0 Å². The lowest BCUT2D eigenvalue weighted by atomic mass is 9.99. The summed E-state index contributed by atoms with van der Waals surface area (Å²) in [4.78, 5) is 14.9. The summed E-state index contributed by atoms with van der Waals surface area (Å²) in [7, 11) is 0. The number of fused-ring (bicyclic) bond motifs is 1. The highest BCUT2D eigenvalue weighted by molar-refractivity contribution is 5.94. The first-order valence-electron chi connectivity index (χ1n) is 9.89. The van der Waals surface area contributed by atoms with E-state index in [9.17, 15) is 4.79 Å². The van der Waals surface area contributed by atoms with E-state index in [1.165, 1.54) is 16.3 Å². The van der Waals surface area contributed by atoms with Crippen molar-refractivity contribution < 1.29 is 9.53 Å². The van der Waals surface area contributed by atoms with Gasteiger partial charge in [0.15, 0.2) is 0 Å². The molecule has 0 spiro atoms. The second-order valence-corrected chi connectivity index (χ2v) is 7.29. The summed E-state index contributed by atoms with van der Waals surface area (Å²) >= 11 is 0. The Hall–Kier alpha value is -2.69. The summed E-state index contributed by atoms with van der Waals surface area (Å²) in [5.41, 5.74) is 2.01. The molecule has 0 bridgehead atoms. The molecule has 1 heterocycles. The van der Waals surface area contributed by atoms with Gasteiger partial charge in [0, 0.05) is 24.7 Å². The molecule has 0 aromatic heterocycles. The van der Waals surface area contributed by atoms with Gasteiger partial charge in [-0.2, -0.15) is 0 Å². The molecule has 4 rings (SSSR count). The number of morpholine rings is 1. The van der Waals surface area contributed by atoms with Crippen LogP contribution < -0.4 is 5.32 Å². The van der Waals surface area contributed by atoms with Crippen LogP contribution in [0.2, 0.25) is 0 Å². The summed E-state index contributed by atoms with van der Waals surface area (Å²) in [6.07, 6.45) is 0. The van der Waals surface area contributed by atoms with Crippen LogP contribution in [0.4, 0.5) is 0 Å². The summed E-state index contributed by atoms with van der Waals surface area (Å²) in [5, 5.41) is 6.13. The first-order valence-corrected chi connectivity index (χ1v) is 9.89. The Morgan fingerprint density at radius 3 is 2.68 bits per heavy atom. The molecule has 0 radical (unpaired) electrons. The minimum atomic E-state index is 0.0267.